The molecule has 0 amide bonds. The van der Waals surface area contributed by atoms with Crippen LogP contribution in [-0.2, 0) is 54.5 Å². The second-order valence-corrected chi connectivity index (χ2v) is 19.2. The van der Waals surface area contributed by atoms with Crippen LogP contribution in [0.2, 0.25) is 18.1 Å². The first-order valence-electron chi connectivity index (χ1n) is 17.7. The summed E-state index contributed by atoms with van der Waals surface area (Å²) in [5.41, 5.74) is 4.24. The Balaban J connectivity index is 1.61. The molecule has 1 aliphatic rings. The van der Waals surface area contributed by atoms with Gasteiger partial charge >= 0.3 is 0 Å². The first-order chi connectivity index (χ1) is 24.2. The van der Waals surface area contributed by atoms with Crippen LogP contribution in [0.15, 0.2) is 134 Å². The second kappa shape index (κ2) is 18.2. The predicted octanol–water partition coefficient (Wildman–Crippen LogP) is 9.30. The van der Waals surface area contributed by atoms with E-state index >= 15 is 0 Å². The standard InChI is InChI=1S/C43H54O6Si/c1-7-28-44-40-38(46-30-34-22-14-9-15-23-34)37(45-29-33-20-12-8-13-21-33)39(47-31-35-24-16-10-17-25-35)41(48-32-36-26-18-11-19-27-36)42(40)49-50(5,6)43(2,3)4/h7-27,37-42H,1,28-32H2,2-6H3/t37-,38-,39+,40+,41+,42-/m1/s1. The summed E-state index contributed by atoms with van der Waals surface area (Å²) in [6.45, 7) is 17.1. The Bertz CT molecular complexity index is 1540. The molecule has 5 rings (SSSR count). The van der Waals surface area contributed by atoms with E-state index in [-0.39, 0.29) is 5.04 Å². The van der Waals surface area contributed by atoms with Gasteiger partial charge in [0, 0.05) is 0 Å². The maximum atomic E-state index is 7.37. The smallest absolute Gasteiger partial charge is 0.192 e. The molecule has 0 bridgehead atoms. The Morgan fingerprint density at radius 3 is 1.04 bits per heavy atom. The van der Waals surface area contributed by atoms with Gasteiger partial charge in [-0.3, -0.25) is 0 Å². The lowest BCUT2D eigenvalue weighted by molar-refractivity contribution is -0.277. The molecule has 0 spiro atoms. The van der Waals surface area contributed by atoms with E-state index in [1.807, 2.05) is 72.8 Å². The van der Waals surface area contributed by atoms with E-state index in [1.54, 1.807) is 6.08 Å². The fourth-order valence-corrected chi connectivity index (χ4v) is 7.27. The SMILES string of the molecule is C=CCO[C@H]1[C@H](OCc2ccccc2)[C@@H](OCc2ccccc2)[C@H](OCc2ccccc2)[C@H](OCc2ccccc2)[C@@H]1O[Si](C)(C)C(C)(C)C. The molecule has 7 heteroatoms. The van der Waals surface area contributed by atoms with Crippen molar-refractivity contribution in [3.63, 3.8) is 0 Å². The third-order valence-corrected chi connectivity index (χ3v) is 14.2. The highest BCUT2D eigenvalue weighted by molar-refractivity contribution is 6.74. The van der Waals surface area contributed by atoms with Gasteiger partial charge in [0.25, 0.3) is 0 Å². The predicted molar refractivity (Wildman–Crippen MR) is 202 cm³/mol. The third kappa shape index (κ3) is 10.3. The molecule has 6 nitrogen and oxygen atoms in total. The van der Waals surface area contributed by atoms with Gasteiger partial charge in [0.15, 0.2) is 8.32 Å². The number of benzene rings is 4. The van der Waals surface area contributed by atoms with Gasteiger partial charge in [-0.15, -0.1) is 6.58 Å². The van der Waals surface area contributed by atoms with E-state index in [1.165, 1.54) is 0 Å². The maximum Gasteiger partial charge on any atom is 0.192 e. The highest BCUT2D eigenvalue weighted by atomic mass is 28.4. The molecule has 0 saturated heterocycles. The number of hydrogen-bond acceptors (Lipinski definition) is 6. The van der Waals surface area contributed by atoms with Crippen LogP contribution in [0.5, 0.6) is 0 Å². The Kier molecular flexibility index (Phi) is 13.8. The lowest BCUT2D eigenvalue weighted by Crippen LogP contribution is -2.69. The van der Waals surface area contributed by atoms with Crippen LogP contribution in [0.1, 0.15) is 43.0 Å². The molecule has 1 fully saturated rings. The van der Waals surface area contributed by atoms with Gasteiger partial charge in [0.05, 0.1) is 33.0 Å². The molecule has 1 saturated carbocycles. The zero-order chi connectivity index (χ0) is 35.4. The van der Waals surface area contributed by atoms with Crippen LogP contribution < -0.4 is 0 Å². The zero-order valence-electron chi connectivity index (χ0n) is 30.3. The summed E-state index contributed by atoms with van der Waals surface area (Å²) in [7, 11) is -2.39. The molecule has 50 heavy (non-hydrogen) atoms. The van der Waals surface area contributed by atoms with E-state index in [2.05, 4.69) is 89.0 Å². The first kappa shape index (κ1) is 37.8. The summed E-state index contributed by atoms with van der Waals surface area (Å²) in [6, 6.07) is 40.9. The van der Waals surface area contributed by atoms with Crippen molar-refractivity contribution in [3.05, 3.63) is 156 Å². The quantitative estimate of drug-likeness (QED) is 0.0812. The minimum Gasteiger partial charge on any atom is -0.408 e. The van der Waals surface area contributed by atoms with E-state index in [4.69, 9.17) is 28.1 Å². The molecule has 4 aromatic carbocycles. The van der Waals surface area contributed by atoms with Gasteiger partial charge in [-0.2, -0.15) is 0 Å². The molecule has 0 aliphatic heterocycles. The molecule has 266 valence electrons. The lowest BCUT2D eigenvalue weighted by Gasteiger charge is -2.52. The minimum absolute atomic E-state index is 0.0680. The summed E-state index contributed by atoms with van der Waals surface area (Å²) >= 11 is 0. The van der Waals surface area contributed by atoms with Crippen molar-refractivity contribution < 1.29 is 28.1 Å². The molecule has 1 aliphatic carbocycles. The van der Waals surface area contributed by atoms with E-state index < -0.39 is 44.9 Å². The van der Waals surface area contributed by atoms with Crippen molar-refractivity contribution in [2.24, 2.45) is 0 Å². The van der Waals surface area contributed by atoms with Crippen LogP contribution in [0, 0.1) is 0 Å². The van der Waals surface area contributed by atoms with Crippen LogP contribution in [0.3, 0.4) is 0 Å². The molecular weight excluding hydrogens is 641 g/mol. The van der Waals surface area contributed by atoms with Crippen molar-refractivity contribution in [1.82, 2.24) is 0 Å². The normalized spacial score (nSPS) is 22.7. The van der Waals surface area contributed by atoms with Crippen molar-refractivity contribution in [2.45, 2.75) is 102 Å². The van der Waals surface area contributed by atoms with Crippen molar-refractivity contribution in [3.8, 4) is 0 Å². The molecule has 0 N–H and O–H groups in total. The van der Waals surface area contributed by atoms with Gasteiger partial charge in [0.2, 0.25) is 0 Å². The van der Waals surface area contributed by atoms with Crippen LogP contribution >= 0.6 is 0 Å². The van der Waals surface area contributed by atoms with E-state index in [0.717, 1.165) is 22.3 Å². The Labute approximate surface area is 300 Å². The van der Waals surface area contributed by atoms with Crippen molar-refractivity contribution in [2.75, 3.05) is 6.61 Å². The van der Waals surface area contributed by atoms with E-state index in [0.29, 0.717) is 33.0 Å². The number of hydrogen-bond donors (Lipinski definition) is 0. The average Bonchev–Trinajstić information content (AvgIpc) is 3.12. The summed E-state index contributed by atoms with van der Waals surface area (Å²) in [5.74, 6) is 0. The number of rotatable bonds is 17. The summed E-state index contributed by atoms with van der Waals surface area (Å²) in [6.07, 6.45) is -1.48. The van der Waals surface area contributed by atoms with Gasteiger partial charge in [-0.05, 0) is 40.4 Å². The fourth-order valence-electron chi connectivity index (χ4n) is 5.97. The summed E-state index contributed by atoms with van der Waals surface area (Å²) in [5, 5.41) is -0.0680. The Hall–Kier alpha value is -3.40. The van der Waals surface area contributed by atoms with Crippen LogP contribution in [-0.4, -0.2) is 51.5 Å². The van der Waals surface area contributed by atoms with Crippen LogP contribution in [0.25, 0.3) is 0 Å². The van der Waals surface area contributed by atoms with Gasteiger partial charge in [-0.25, -0.2) is 0 Å². The van der Waals surface area contributed by atoms with Gasteiger partial charge in [0.1, 0.15) is 36.6 Å². The first-order valence-corrected chi connectivity index (χ1v) is 20.6. The molecule has 0 radical (unpaired) electrons. The van der Waals surface area contributed by atoms with Crippen molar-refractivity contribution in [1.29, 1.82) is 0 Å². The fraction of sp³-hybridized carbons (Fsp3) is 0.395. The molecule has 0 heterocycles. The molecule has 6 atom stereocenters. The van der Waals surface area contributed by atoms with Crippen LogP contribution in [0.4, 0.5) is 0 Å². The van der Waals surface area contributed by atoms with Crippen molar-refractivity contribution >= 4 is 8.32 Å². The molecular formula is C43H54O6Si. The highest BCUT2D eigenvalue weighted by Gasteiger charge is 2.57. The highest BCUT2D eigenvalue weighted by Crippen LogP contribution is 2.42. The number of ether oxygens (including phenoxy) is 5. The lowest BCUT2D eigenvalue weighted by atomic mass is 9.83. The summed E-state index contributed by atoms with van der Waals surface area (Å²) in [4.78, 5) is 0. The van der Waals surface area contributed by atoms with Gasteiger partial charge < -0.3 is 28.1 Å². The average molecular weight is 695 g/mol. The second-order valence-electron chi connectivity index (χ2n) is 14.5. The topological polar surface area (TPSA) is 55.4 Å². The van der Waals surface area contributed by atoms with Gasteiger partial charge in [-0.1, -0.05) is 148 Å². The zero-order valence-corrected chi connectivity index (χ0v) is 31.3. The maximum absolute atomic E-state index is 7.37. The minimum atomic E-state index is -2.39. The summed E-state index contributed by atoms with van der Waals surface area (Å²) < 4.78 is 41.9. The third-order valence-electron chi connectivity index (χ3n) is 9.73. The van der Waals surface area contributed by atoms with E-state index in [9.17, 15) is 0 Å². The molecule has 0 aromatic heterocycles. The Morgan fingerprint density at radius 1 is 0.480 bits per heavy atom. The molecule has 0 unspecified atom stereocenters. The monoisotopic (exact) mass is 694 g/mol. The molecule has 4 aromatic rings. The Morgan fingerprint density at radius 2 is 0.760 bits per heavy atom. The largest absolute Gasteiger partial charge is 0.408 e.